The van der Waals surface area contributed by atoms with Gasteiger partial charge in [-0.2, -0.15) is 0 Å². The highest BCUT2D eigenvalue weighted by Gasteiger charge is 2.14. The number of fused-ring (bicyclic) bond motifs is 1. The first-order valence-electron chi connectivity index (χ1n) is 6.90. The van der Waals surface area contributed by atoms with Gasteiger partial charge in [-0.15, -0.1) is 0 Å². The van der Waals surface area contributed by atoms with Gasteiger partial charge >= 0.3 is 5.97 Å². The van der Waals surface area contributed by atoms with Crippen LogP contribution in [-0.2, 0) is 0 Å². The molecule has 24 heavy (non-hydrogen) atoms. The topological polar surface area (TPSA) is 115 Å². The van der Waals surface area contributed by atoms with E-state index in [4.69, 9.17) is 5.11 Å². The van der Waals surface area contributed by atoms with E-state index in [2.05, 4.69) is 4.98 Å². The normalized spacial score (nSPS) is 10.7. The van der Waals surface area contributed by atoms with E-state index in [1.54, 1.807) is 6.92 Å². The number of carbonyl (C=O) groups is 1. The molecule has 0 spiro atoms. The van der Waals surface area contributed by atoms with Crippen molar-refractivity contribution in [2.75, 3.05) is 0 Å². The average molecular weight is 325 g/mol. The van der Waals surface area contributed by atoms with Crippen molar-refractivity contribution in [1.82, 2.24) is 9.55 Å². The third-order valence-corrected chi connectivity index (χ3v) is 3.60. The molecule has 0 aliphatic carbocycles. The molecule has 2 aromatic carbocycles. The molecule has 8 nitrogen and oxygen atoms in total. The minimum atomic E-state index is -1.07. The Hall–Kier alpha value is -3.55. The zero-order chi connectivity index (χ0) is 17.4. The lowest BCUT2D eigenvalue weighted by Crippen LogP contribution is -2.22. The first-order valence-corrected chi connectivity index (χ1v) is 6.90. The lowest BCUT2D eigenvalue weighted by atomic mass is 10.2. The summed E-state index contributed by atoms with van der Waals surface area (Å²) in [6.07, 6.45) is 0. The van der Waals surface area contributed by atoms with Gasteiger partial charge in [0.15, 0.2) is 0 Å². The maximum atomic E-state index is 12.7. The molecule has 0 bridgehead atoms. The second kappa shape index (κ2) is 5.58. The second-order valence-electron chi connectivity index (χ2n) is 5.11. The van der Waals surface area contributed by atoms with E-state index in [1.165, 1.54) is 47.0 Å². The van der Waals surface area contributed by atoms with E-state index in [9.17, 15) is 19.7 Å². The Morgan fingerprint density at radius 1 is 1.21 bits per heavy atom. The lowest BCUT2D eigenvalue weighted by molar-refractivity contribution is -0.384. The Labute approximate surface area is 134 Å². The Morgan fingerprint density at radius 3 is 2.46 bits per heavy atom. The number of aryl methyl sites for hydroxylation is 1. The highest BCUT2D eigenvalue weighted by molar-refractivity contribution is 5.87. The van der Waals surface area contributed by atoms with Crippen LogP contribution in [0.1, 0.15) is 16.2 Å². The summed E-state index contributed by atoms with van der Waals surface area (Å²) in [7, 11) is 0. The Kier molecular flexibility index (Phi) is 3.57. The maximum absolute atomic E-state index is 12.7. The number of aromatic carboxylic acids is 1. The number of carboxylic acids is 1. The molecule has 0 atom stereocenters. The number of rotatable bonds is 3. The van der Waals surface area contributed by atoms with Crippen LogP contribution in [0.2, 0.25) is 0 Å². The molecule has 8 heteroatoms. The van der Waals surface area contributed by atoms with Gasteiger partial charge in [0.2, 0.25) is 0 Å². The van der Waals surface area contributed by atoms with E-state index in [0.29, 0.717) is 17.0 Å². The standard InChI is InChI=1S/C16H11N3O5/c1-9-17-14-7-6-12(19(23)24)8-13(14)15(20)18(9)11-4-2-10(3-5-11)16(21)22/h2-8H,1H3,(H,21,22). The fourth-order valence-corrected chi connectivity index (χ4v) is 2.46. The van der Waals surface area contributed by atoms with Crippen molar-refractivity contribution in [2.24, 2.45) is 0 Å². The van der Waals surface area contributed by atoms with Crippen LogP contribution in [0.4, 0.5) is 5.69 Å². The number of hydrogen-bond donors (Lipinski definition) is 1. The molecular formula is C16H11N3O5. The summed E-state index contributed by atoms with van der Waals surface area (Å²) in [6.45, 7) is 1.63. The number of carboxylic acid groups (broad SMARTS) is 1. The molecule has 3 rings (SSSR count). The first-order chi connectivity index (χ1) is 11.4. The summed E-state index contributed by atoms with van der Waals surface area (Å²) in [5, 5.41) is 20.0. The van der Waals surface area contributed by atoms with Crippen molar-refractivity contribution < 1.29 is 14.8 Å². The smallest absolute Gasteiger partial charge is 0.335 e. The van der Waals surface area contributed by atoms with Crippen molar-refractivity contribution in [3.63, 3.8) is 0 Å². The van der Waals surface area contributed by atoms with Gasteiger partial charge < -0.3 is 5.11 Å². The van der Waals surface area contributed by atoms with Crippen LogP contribution in [0, 0.1) is 17.0 Å². The maximum Gasteiger partial charge on any atom is 0.335 e. The number of nitrogens with zero attached hydrogens (tertiary/aromatic N) is 3. The van der Waals surface area contributed by atoms with E-state index >= 15 is 0 Å². The number of nitro groups is 1. The molecular weight excluding hydrogens is 314 g/mol. The van der Waals surface area contributed by atoms with E-state index in [0.717, 1.165) is 0 Å². The van der Waals surface area contributed by atoms with Gasteiger partial charge in [0.25, 0.3) is 11.2 Å². The van der Waals surface area contributed by atoms with Crippen LogP contribution in [0.15, 0.2) is 47.3 Å². The van der Waals surface area contributed by atoms with Crippen LogP contribution < -0.4 is 5.56 Å². The van der Waals surface area contributed by atoms with Gasteiger partial charge in [0.1, 0.15) is 5.82 Å². The predicted molar refractivity (Wildman–Crippen MR) is 85.7 cm³/mol. The molecule has 3 aromatic rings. The van der Waals surface area contributed by atoms with Gasteiger partial charge in [-0.3, -0.25) is 19.5 Å². The van der Waals surface area contributed by atoms with Crippen molar-refractivity contribution in [1.29, 1.82) is 0 Å². The summed E-state index contributed by atoms with van der Waals surface area (Å²) in [5.41, 5.74) is 0.237. The Bertz CT molecular complexity index is 1040. The molecule has 0 amide bonds. The molecule has 0 aliphatic heterocycles. The molecule has 0 saturated heterocycles. The highest BCUT2D eigenvalue weighted by atomic mass is 16.6. The Morgan fingerprint density at radius 2 is 1.88 bits per heavy atom. The summed E-state index contributed by atoms with van der Waals surface area (Å²) in [5.74, 6) is -0.678. The summed E-state index contributed by atoms with van der Waals surface area (Å²) >= 11 is 0. The van der Waals surface area contributed by atoms with Gasteiger partial charge in [-0.05, 0) is 37.3 Å². The molecule has 0 saturated carbocycles. The van der Waals surface area contributed by atoms with E-state index in [-0.39, 0.29) is 16.6 Å². The SMILES string of the molecule is Cc1nc2ccc([N+](=O)[O-])cc2c(=O)n1-c1ccc(C(=O)O)cc1. The molecule has 0 fully saturated rings. The molecule has 0 aliphatic rings. The number of hydrogen-bond acceptors (Lipinski definition) is 5. The first kappa shape index (κ1) is 15.3. The van der Waals surface area contributed by atoms with Crippen LogP contribution in [-0.4, -0.2) is 25.6 Å². The van der Waals surface area contributed by atoms with Crippen molar-refractivity contribution in [3.8, 4) is 5.69 Å². The number of aromatic nitrogens is 2. The van der Waals surface area contributed by atoms with Gasteiger partial charge in [0, 0.05) is 12.1 Å². The average Bonchev–Trinajstić information content (AvgIpc) is 2.55. The van der Waals surface area contributed by atoms with Crippen LogP contribution in [0.5, 0.6) is 0 Å². The fourth-order valence-electron chi connectivity index (χ4n) is 2.46. The number of benzene rings is 2. The molecule has 0 radical (unpaired) electrons. The van der Waals surface area contributed by atoms with Crippen molar-refractivity contribution in [2.45, 2.75) is 6.92 Å². The van der Waals surface area contributed by atoms with Crippen LogP contribution in [0.3, 0.4) is 0 Å². The minimum absolute atomic E-state index is 0.0915. The lowest BCUT2D eigenvalue weighted by Gasteiger charge is -2.11. The molecule has 1 heterocycles. The minimum Gasteiger partial charge on any atom is -0.478 e. The summed E-state index contributed by atoms with van der Waals surface area (Å²) in [4.78, 5) is 38.3. The van der Waals surface area contributed by atoms with E-state index < -0.39 is 16.5 Å². The molecule has 1 aromatic heterocycles. The van der Waals surface area contributed by atoms with Crippen molar-refractivity contribution in [3.05, 3.63) is 74.3 Å². The zero-order valence-corrected chi connectivity index (χ0v) is 12.5. The number of nitro benzene ring substituents is 1. The summed E-state index contributed by atoms with van der Waals surface area (Å²) in [6, 6.07) is 9.64. The predicted octanol–water partition coefficient (Wildman–Crippen LogP) is 2.30. The van der Waals surface area contributed by atoms with Crippen molar-refractivity contribution >= 4 is 22.6 Å². The number of non-ortho nitro benzene ring substituents is 1. The third kappa shape index (κ3) is 2.50. The third-order valence-electron chi connectivity index (χ3n) is 3.60. The molecule has 120 valence electrons. The fraction of sp³-hybridized carbons (Fsp3) is 0.0625. The quantitative estimate of drug-likeness (QED) is 0.583. The van der Waals surface area contributed by atoms with Gasteiger partial charge in [-0.1, -0.05) is 0 Å². The largest absolute Gasteiger partial charge is 0.478 e. The molecule has 1 N–H and O–H groups in total. The summed E-state index contributed by atoms with van der Waals surface area (Å²) < 4.78 is 1.29. The second-order valence-corrected chi connectivity index (χ2v) is 5.11. The van der Waals surface area contributed by atoms with Gasteiger partial charge in [-0.25, -0.2) is 9.78 Å². The zero-order valence-electron chi connectivity index (χ0n) is 12.5. The van der Waals surface area contributed by atoms with Crippen LogP contribution >= 0.6 is 0 Å². The van der Waals surface area contributed by atoms with Crippen LogP contribution in [0.25, 0.3) is 16.6 Å². The monoisotopic (exact) mass is 325 g/mol. The highest BCUT2D eigenvalue weighted by Crippen LogP contribution is 2.18. The Balaban J connectivity index is 2.25. The van der Waals surface area contributed by atoms with E-state index in [1.807, 2.05) is 0 Å². The molecule has 0 unspecified atom stereocenters. The van der Waals surface area contributed by atoms with Gasteiger partial charge in [0.05, 0.1) is 27.1 Å².